The van der Waals surface area contributed by atoms with E-state index in [0.717, 1.165) is 12.1 Å². The van der Waals surface area contributed by atoms with Crippen LogP contribution in [0.25, 0.3) is 0 Å². The van der Waals surface area contributed by atoms with Gasteiger partial charge in [-0.3, -0.25) is 9.59 Å². The number of nitrogens with zero attached hydrogens (tertiary/aromatic N) is 2. The summed E-state index contributed by atoms with van der Waals surface area (Å²) in [5.41, 5.74) is 3.49. The van der Waals surface area contributed by atoms with Crippen LogP contribution >= 0.6 is 0 Å². The van der Waals surface area contributed by atoms with Crippen molar-refractivity contribution in [3.63, 3.8) is 0 Å². The first-order valence-corrected chi connectivity index (χ1v) is 7.38. The SMILES string of the molecule is Cc1ccc(C)c(NCCC(=O)N2CCN(C=O)CC2)c1. The van der Waals surface area contributed by atoms with Crippen LogP contribution in [0.4, 0.5) is 5.69 Å². The van der Waals surface area contributed by atoms with Gasteiger partial charge in [-0.15, -0.1) is 0 Å². The van der Waals surface area contributed by atoms with E-state index in [-0.39, 0.29) is 5.91 Å². The van der Waals surface area contributed by atoms with E-state index in [0.29, 0.717) is 39.1 Å². The van der Waals surface area contributed by atoms with Gasteiger partial charge in [0.1, 0.15) is 0 Å². The summed E-state index contributed by atoms with van der Waals surface area (Å²) in [5, 5.41) is 3.33. The standard InChI is InChI=1S/C16H23N3O2/c1-13-3-4-14(2)15(11-13)17-6-5-16(21)19-9-7-18(12-20)8-10-19/h3-4,11-12,17H,5-10H2,1-2H3. The van der Waals surface area contributed by atoms with E-state index >= 15 is 0 Å². The van der Waals surface area contributed by atoms with Crippen molar-refractivity contribution in [3.05, 3.63) is 29.3 Å². The zero-order valence-electron chi connectivity index (χ0n) is 12.8. The number of carbonyl (C=O) groups is 2. The fourth-order valence-corrected chi connectivity index (χ4v) is 2.47. The van der Waals surface area contributed by atoms with E-state index in [4.69, 9.17) is 0 Å². The molecule has 114 valence electrons. The number of carbonyl (C=O) groups excluding carboxylic acids is 2. The van der Waals surface area contributed by atoms with E-state index in [1.54, 1.807) is 4.90 Å². The Bertz CT molecular complexity index is 508. The first-order valence-electron chi connectivity index (χ1n) is 7.38. The van der Waals surface area contributed by atoms with Gasteiger partial charge in [-0.2, -0.15) is 0 Å². The molecule has 1 fully saturated rings. The zero-order valence-corrected chi connectivity index (χ0v) is 12.8. The number of piperazine rings is 1. The monoisotopic (exact) mass is 289 g/mol. The molecule has 0 atom stereocenters. The second-order valence-electron chi connectivity index (χ2n) is 5.52. The van der Waals surface area contributed by atoms with Gasteiger partial charge in [0.25, 0.3) is 0 Å². The average Bonchev–Trinajstić information content (AvgIpc) is 2.50. The summed E-state index contributed by atoms with van der Waals surface area (Å²) >= 11 is 0. The molecule has 1 aromatic rings. The highest BCUT2D eigenvalue weighted by atomic mass is 16.2. The molecular weight excluding hydrogens is 266 g/mol. The molecule has 1 aliphatic rings. The molecule has 5 heteroatoms. The number of nitrogens with one attached hydrogen (secondary N) is 1. The van der Waals surface area contributed by atoms with Gasteiger partial charge in [0.05, 0.1) is 0 Å². The van der Waals surface area contributed by atoms with Crippen molar-refractivity contribution in [2.45, 2.75) is 20.3 Å². The third kappa shape index (κ3) is 4.21. The first kappa shape index (κ1) is 15.4. The Hall–Kier alpha value is -2.04. The summed E-state index contributed by atoms with van der Waals surface area (Å²) < 4.78 is 0. The highest BCUT2D eigenvalue weighted by molar-refractivity contribution is 5.77. The topological polar surface area (TPSA) is 52.7 Å². The molecule has 0 aromatic heterocycles. The summed E-state index contributed by atoms with van der Waals surface area (Å²) in [6.07, 6.45) is 1.33. The minimum absolute atomic E-state index is 0.151. The van der Waals surface area contributed by atoms with E-state index in [9.17, 15) is 9.59 Å². The second-order valence-corrected chi connectivity index (χ2v) is 5.52. The van der Waals surface area contributed by atoms with Crippen LogP contribution in [-0.4, -0.2) is 54.8 Å². The Morgan fingerprint density at radius 1 is 1.24 bits per heavy atom. The Morgan fingerprint density at radius 2 is 1.95 bits per heavy atom. The van der Waals surface area contributed by atoms with Crippen molar-refractivity contribution >= 4 is 18.0 Å². The van der Waals surface area contributed by atoms with Crippen molar-refractivity contribution in [2.24, 2.45) is 0 Å². The summed E-state index contributed by atoms with van der Waals surface area (Å²) in [7, 11) is 0. The average molecular weight is 289 g/mol. The Morgan fingerprint density at radius 3 is 2.62 bits per heavy atom. The van der Waals surface area contributed by atoms with Crippen LogP contribution in [0, 0.1) is 13.8 Å². The van der Waals surface area contributed by atoms with Gasteiger partial charge in [-0.25, -0.2) is 0 Å². The Kier molecular flexibility index (Phi) is 5.20. The lowest BCUT2D eigenvalue weighted by atomic mass is 10.1. The largest absolute Gasteiger partial charge is 0.384 e. The fourth-order valence-electron chi connectivity index (χ4n) is 2.47. The molecule has 0 bridgehead atoms. The number of hydrogen-bond acceptors (Lipinski definition) is 3. The van der Waals surface area contributed by atoms with Crippen molar-refractivity contribution in [3.8, 4) is 0 Å². The number of benzene rings is 1. The van der Waals surface area contributed by atoms with Crippen LogP contribution in [0.1, 0.15) is 17.5 Å². The van der Waals surface area contributed by atoms with Gasteiger partial charge in [-0.1, -0.05) is 12.1 Å². The Labute approximate surface area is 125 Å². The molecule has 1 aliphatic heterocycles. The summed E-state index contributed by atoms with van der Waals surface area (Å²) in [6.45, 7) is 7.31. The smallest absolute Gasteiger partial charge is 0.224 e. The van der Waals surface area contributed by atoms with Crippen LogP contribution in [0.3, 0.4) is 0 Å². The lowest BCUT2D eigenvalue weighted by Crippen LogP contribution is -2.48. The van der Waals surface area contributed by atoms with Crippen molar-refractivity contribution in [1.29, 1.82) is 0 Å². The summed E-state index contributed by atoms with van der Waals surface area (Å²) in [6, 6.07) is 6.26. The number of rotatable bonds is 5. The fraction of sp³-hybridized carbons (Fsp3) is 0.500. The molecule has 1 aromatic carbocycles. The minimum Gasteiger partial charge on any atom is -0.384 e. The van der Waals surface area contributed by atoms with Crippen LogP contribution in [0.2, 0.25) is 0 Å². The molecule has 0 spiro atoms. The van der Waals surface area contributed by atoms with E-state index in [1.165, 1.54) is 11.1 Å². The van der Waals surface area contributed by atoms with Crippen LogP contribution in [-0.2, 0) is 9.59 Å². The lowest BCUT2D eigenvalue weighted by Gasteiger charge is -2.32. The molecule has 2 rings (SSSR count). The highest BCUT2D eigenvalue weighted by Gasteiger charge is 2.19. The number of amides is 2. The molecule has 0 radical (unpaired) electrons. The molecule has 21 heavy (non-hydrogen) atoms. The van der Waals surface area contributed by atoms with Crippen LogP contribution < -0.4 is 5.32 Å². The first-order chi connectivity index (χ1) is 10.1. The molecule has 0 saturated carbocycles. The Balaban J connectivity index is 1.77. The third-order valence-corrected chi connectivity index (χ3v) is 3.86. The highest BCUT2D eigenvalue weighted by Crippen LogP contribution is 2.16. The normalized spacial score (nSPS) is 15.0. The van der Waals surface area contributed by atoms with Crippen molar-refractivity contribution in [2.75, 3.05) is 38.0 Å². The molecular formula is C16H23N3O2. The zero-order chi connectivity index (χ0) is 15.2. The lowest BCUT2D eigenvalue weighted by molar-refractivity contribution is -0.134. The van der Waals surface area contributed by atoms with Gasteiger partial charge in [0.2, 0.25) is 12.3 Å². The van der Waals surface area contributed by atoms with E-state index < -0.39 is 0 Å². The van der Waals surface area contributed by atoms with Gasteiger partial charge in [0.15, 0.2) is 0 Å². The van der Waals surface area contributed by atoms with E-state index in [2.05, 4.69) is 37.4 Å². The maximum atomic E-state index is 12.1. The molecule has 0 unspecified atom stereocenters. The quantitative estimate of drug-likeness (QED) is 0.834. The van der Waals surface area contributed by atoms with Crippen molar-refractivity contribution in [1.82, 2.24) is 9.80 Å². The van der Waals surface area contributed by atoms with Crippen LogP contribution in [0.5, 0.6) is 0 Å². The second kappa shape index (κ2) is 7.11. The summed E-state index contributed by atoms with van der Waals surface area (Å²) in [5.74, 6) is 0.151. The third-order valence-electron chi connectivity index (χ3n) is 3.86. The molecule has 1 N–H and O–H groups in total. The number of aryl methyl sites for hydroxylation is 2. The van der Waals surface area contributed by atoms with Gasteiger partial charge in [-0.05, 0) is 31.0 Å². The predicted octanol–water partition coefficient (Wildman–Crippen LogP) is 1.41. The molecule has 0 aliphatic carbocycles. The minimum atomic E-state index is 0.151. The van der Waals surface area contributed by atoms with Gasteiger partial charge in [0, 0.05) is 44.8 Å². The maximum absolute atomic E-state index is 12.1. The molecule has 5 nitrogen and oxygen atoms in total. The summed E-state index contributed by atoms with van der Waals surface area (Å²) in [4.78, 5) is 26.3. The van der Waals surface area contributed by atoms with Gasteiger partial charge >= 0.3 is 0 Å². The van der Waals surface area contributed by atoms with Crippen LogP contribution in [0.15, 0.2) is 18.2 Å². The predicted molar refractivity (Wildman–Crippen MR) is 83.2 cm³/mol. The van der Waals surface area contributed by atoms with Gasteiger partial charge < -0.3 is 15.1 Å². The maximum Gasteiger partial charge on any atom is 0.224 e. The number of hydrogen-bond donors (Lipinski definition) is 1. The molecule has 1 heterocycles. The molecule has 1 saturated heterocycles. The van der Waals surface area contributed by atoms with E-state index in [1.807, 2.05) is 4.90 Å². The number of anilines is 1. The molecule has 2 amide bonds. The van der Waals surface area contributed by atoms with Crippen molar-refractivity contribution < 1.29 is 9.59 Å².